The van der Waals surface area contributed by atoms with E-state index in [1.54, 1.807) is 0 Å². The van der Waals surface area contributed by atoms with E-state index in [0.29, 0.717) is 11.1 Å². The Kier molecular flexibility index (Phi) is 11.1. The summed E-state index contributed by atoms with van der Waals surface area (Å²) in [5.41, 5.74) is -1.00. The summed E-state index contributed by atoms with van der Waals surface area (Å²) in [5, 5.41) is 114. The average Bonchev–Trinajstić information content (AvgIpc) is 3.14. The van der Waals surface area contributed by atoms with Crippen LogP contribution in [0.15, 0.2) is 69.9 Å². The molecule has 2 fully saturated rings. The minimum atomic E-state index is -2.02. The number of carbonyl (C=O) groups excluding carboxylic acids is 1. The summed E-state index contributed by atoms with van der Waals surface area (Å²) in [5.74, 6) is -3.29. The molecule has 11 N–H and O–H groups in total. The van der Waals surface area contributed by atoms with Crippen LogP contribution in [-0.2, 0) is 19.0 Å². The number of phenolic OH excluding ortho intramolecular Hbond substituents is 4. The molecule has 3 heterocycles. The Morgan fingerprint density at radius 1 is 0.759 bits per heavy atom. The molecule has 0 spiro atoms. The van der Waals surface area contributed by atoms with Crippen molar-refractivity contribution in [2.45, 2.75) is 61.2 Å². The maximum Gasteiger partial charge on any atom is 0.330 e. The highest BCUT2D eigenvalue weighted by molar-refractivity contribution is 5.88. The fourth-order valence-corrected chi connectivity index (χ4v) is 6.07. The Balaban J connectivity index is 1.34. The number of hydrogen-bond acceptors (Lipinski definition) is 18. The maximum atomic E-state index is 13.4. The molecular formula is C36H36O18. The number of phenols is 4. The van der Waals surface area contributed by atoms with Crippen molar-refractivity contribution in [1.29, 1.82) is 0 Å². The lowest BCUT2D eigenvalue weighted by Crippen LogP contribution is -2.60. The Morgan fingerprint density at radius 3 is 2.13 bits per heavy atom. The molecule has 2 saturated heterocycles. The molecule has 10 unspecified atom stereocenters. The van der Waals surface area contributed by atoms with Crippen LogP contribution in [0.25, 0.3) is 28.4 Å². The van der Waals surface area contributed by atoms with E-state index < -0.39 is 114 Å². The molecule has 3 aromatic carbocycles. The number of hydrogen-bond donors (Lipinski definition) is 11. The minimum Gasteiger partial charge on any atom is -0.508 e. The van der Waals surface area contributed by atoms with Crippen molar-refractivity contribution in [3.05, 3.63) is 82.0 Å². The van der Waals surface area contributed by atoms with Gasteiger partial charge in [0, 0.05) is 23.8 Å². The van der Waals surface area contributed by atoms with Crippen molar-refractivity contribution in [3.63, 3.8) is 0 Å². The van der Waals surface area contributed by atoms with E-state index in [1.807, 2.05) is 0 Å². The molecule has 2 aliphatic heterocycles. The molecule has 2 aliphatic rings. The van der Waals surface area contributed by atoms with Gasteiger partial charge in [0.25, 0.3) is 0 Å². The topological polar surface area (TPSA) is 307 Å². The van der Waals surface area contributed by atoms with Crippen molar-refractivity contribution in [2.24, 2.45) is 0 Å². The standard InChI is InChI=1S/C36H36O18/c37-12-23-28(43)31(46)33(48)35(52-23)27-22(11-21-26(30(27)45)19(41)10-20(51-21)15-3-5-16(38)6-4-15)53-36-34(49)32(47)29(44)24(54-36)13-50-25(42)8-2-14-1-7-17(39)18(40)9-14/h1-11,23-24,28-29,31-40,43-49H,12-13H2. The van der Waals surface area contributed by atoms with E-state index in [-0.39, 0.29) is 22.8 Å². The fraction of sp³-hybridized carbons (Fsp3) is 0.333. The van der Waals surface area contributed by atoms with Crippen molar-refractivity contribution in [3.8, 4) is 40.1 Å². The van der Waals surface area contributed by atoms with E-state index >= 15 is 0 Å². The smallest absolute Gasteiger partial charge is 0.330 e. The molecule has 18 heteroatoms. The summed E-state index contributed by atoms with van der Waals surface area (Å²) in [6.07, 6.45) is -16.2. The first-order chi connectivity index (χ1) is 25.7. The first-order valence-corrected chi connectivity index (χ1v) is 16.3. The lowest BCUT2D eigenvalue weighted by atomic mass is 9.89. The molecule has 288 valence electrons. The number of esters is 1. The van der Waals surface area contributed by atoms with Crippen LogP contribution < -0.4 is 10.2 Å². The zero-order valence-electron chi connectivity index (χ0n) is 27.8. The van der Waals surface area contributed by atoms with Gasteiger partial charge in [0.05, 0.1) is 12.2 Å². The second-order valence-corrected chi connectivity index (χ2v) is 12.6. The SMILES string of the molecule is O=C(C=Cc1ccc(O)c(O)c1)OCC1OC(Oc2cc3oc(-c4ccc(O)cc4)cc(=O)c3c(O)c2C2OC(CO)C(O)C(O)C2O)C(O)C(O)C1O. The van der Waals surface area contributed by atoms with E-state index in [9.17, 15) is 65.8 Å². The van der Waals surface area contributed by atoms with Gasteiger partial charge < -0.3 is 79.5 Å². The molecule has 4 aromatic rings. The predicted octanol–water partition coefficient (Wildman–Crippen LogP) is -0.760. The number of aromatic hydroxyl groups is 4. The van der Waals surface area contributed by atoms with Crippen LogP contribution in [0.3, 0.4) is 0 Å². The number of fused-ring (bicyclic) bond motifs is 1. The van der Waals surface area contributed by atoms with Crippen LogP contribution in [0.1, 0.15) is 17.2 Å². The summed E-state index contributed by atoms with van der Waals surface area (Å²) in [7, 11) is 0. The van der Waals surface area contributed by atoms with Crippen molar-refractivity contribution in [1.82, 2.24) is 0 Å². The van der Waals surface area contributed by atoms with Gasteiger partial charge in [-0.2, -0.15) is 0 Å². The monoisotopic (exact) mass is 756 g/mol. The Hall–Kier alpha value is -5.28. The molecular weight excluding hydrogens is 720 g/mol. The molecule has 6 rings (SSSR count). The molecule has 0 aliphatic carbocycles. The van der Waals surface area contributed by atoms with Crippen LogP contribution in [-0.4, -0.2) is 130 Å². The third-order valence-corrected chi connectivity index (χ3v) is 9.04. The fourth-order valence-electron chi connectivity index (χ4n) is 6.07. The number of aliphatic hydroxyl groups excluding tert-OH is 7. The maximum absolute atomic E-state index is 13.4. The van der Waals surface area contributed by atoms with Crippen LogP contribution in [0.4, 0.5) is 0 Å². The van der Waals surface area contributed by atoms with E-state index in [2.05, 4.69) is 0 Å². The number of aliphatic hydroxyl groups is 7. The number of ether oxygens (including phenoxy) is 4. The van der Waals surface area contributed by atoms with Gasteiger partial charge in [-0.15, -0.1) is 0 Å². The molecule has 18 nitrogen and oxygen atoms in total. The van der Waals surface area contributed by atoms with Crippen LogP contribution >= 0.6 is 0 Å². The summed E-state index contributed by atoms with van der Waals surface area (Å²) in [4.78, 5) is 25.9. The van der Waals surface area contributed by atoms with Gasteiger partial charge in [0.15, 0.2) is 16.9 Å². The van der Waals surface area contributed by atoms with Crippen LogP contribution in [0, 0.1) is 0 Å². The highest BCUT2D eigenvalue weighted by atomic mass is 16.7. The third-order valence-electron chi connectivity index (χ3n) is 9.04. The van der Waals surface area contributed by atoms with Gasteiger partial charge in [0.1, 0.15) is 95.5 Å². The highest BCUT2D eigenvalue weighted by Gasteiger charge is 2.49. The number of rotatable bonds is 9. The van der Waals surface area contributed by atoms with Crippen molar-refractivity contribution < 1.29 is 84.3 Å². The van der Waals surface area contributed by atoms with Gasteiger partial charge in [-0.25, -0.2) is 4.79 Å². The summed E-state index contributed by atoms with van der Waals surface area (Å²) < 4.78 is 28.3. The molecule has 10 atom stereocenters. The largest absolute Gasteiger partial charge is 0.508 e. The predicted molar refractivity (Wildman–Crippen MR) is 181 cm³/mol. The average molecular weight is 757 g/mol. The number of benzene rings is 3. The summed E-state index contributed by atoms with van der Waals surface area (Å²) in [6, 6.07) is 11.4. The molecule has 54 heavy (non-hydrogen) atoms. The Morgan fingerprint density at radius 2 is 1.44 bits per heavy atom. The first-order valence-electron chi connectivity index (χ1n) is 16.3. The zero-order valence-corrected chi connectivity index (χ0v) is 27.8. The molecule has 1 aromatic heterocycles. The number of carbonyl (C=O) groups is 1. The van der Waals surface area contributed by atoms with Gasteiger partial charge in [-0.1, -0.05) is 6.07 Å². The van der Waals surface area contributed by atoms with Gasteiger partial charge in [-0.05, 0) is 48.0 Å². The van der Waals surface area contributed by atoms with Gasteiger partial charge in [0.2, 0.25) is 6.29 Å². The van der Waals surface area contributed by atoms with E-state index in [0.717, 1.165) is 18.2 Å². The van der Waals surface area contributed by atoms with Crippen molar-refractivity contribution >= 4 is 23.0 Å². The molecule has 0 bridgehead atoms. The Bertz CT molecular complexity index is 2080. The lowest BCUT2D eigenvalue weighted by Gasteiger charge is -2.42. The lowest BCUT2D eigenvalue weighted by molar-refractivity contribution is -0.279. The first kappa shape index (κ1) is 38.4. The van der Waals surface area contributed by atoms with Gasteiger partial charge >= 0.3 is 5.97 Å². The highest BCUT2D eigenvalue weighted by Crippen LogP contribution is 2.46. The minimum absolute atomic E-state index is 0.0240. The zero-order chi connectivity index (χ0) is 39.0. The molecule has 0 saturated carbocycles. The third kappa shape index (κ3) is 7.55. The second kappa shape index (κ2) is 15.6. The summed E-state index contributed by atoms with van der Waals surface area (Å²) in [6.45, 7) is -1.56. The van der Waals surface area contributed by atoms with E-state index in [4.69, 9.17) is 23.4 Å². The normalized spacial score (nSPS) is 28.6. The summed E-state index contributed by atoms with van der Waals surface area (Å²) >= 11 is 0. The molecule has 0 amide bonds. The van der Waals surface area contributed by atoms with Crippen LogP contribution in [0.5, 0.6) is 28.7 Å². The van der Waals surface area contributed by atoms with E-state index in [1.165, 1.54) is 48.5 Å². The Labute approximate surface area is 303 Å². The van der Waals surface area contributed by atoms with Gasteiger partial charge in [-0.3, -0.25) is 4.79 Å². The quantitative estimate of drug-likeness (QED) is 0.0568. The van der Waals surface area contributed by atoms with Crippen molar-refractivity contribution in [2.75, 3.05) is 13.2 Å². The molecule has 0 radical (unpaired) electrons. The second-order valence-electron chi connectivity index (χ2n) is 12.6. The van der Waals surface area contributed by atoms with Crippen LogP contribution in [0.2, 0.25) is 0 Å².